The van der Waals surface area contributed by atoms with Crippen molar-refractivity contribution < 1.29 is 40.7 Å². The zero-order valence-electron chi connectivity index (χ0n) is 29.0. The average Bonchev–Trinajstić information content (AvgIpc) is 2.97. The van der Waals surface area contributed by atoms with Gasteiger partial charge < -0.3 is 20.3 Å². The largest absolute Gasteiger partial charge is 0.573 e. The molecule has 0 radical (unpaired) electrons. The molecule has 0 aliphatic rings. The molecule has 266 valence electrons. The molecule has 3 amide bonds. The molecule has 1 unspecified atom stereocenters. The Bertz CT molecular complexity index is 1570. The van der Waals surface area contributed by atoms with Crippen molar-refractivity contribution in [3.8, 4) is 5.75 Å². The van der Waals surface area contributed by atoms with Crippen LogP contribution in [0.15, 0.2) is 71.1 Å². The number of hydrogen-bond acceptors (Lipinski definition) is 7. The van der Waals surface area contributed by atoms with Gasteiger partial charge in [0.15, 0.2) is 0 Å². The lowest BCUT2D eigenvalue weighted by Gasteiger charge is -2.40. The Balaban J connectivity index is 2.30. The normalized spacial score (nSPS) is 14.9. The van der Waals surface area contributed by atoms with E-state index in [1.54, 1.807) is 14.1 Å². The summed E-state index contributed by atoms with van der Waals surface area (Å²) >= 11 is 0. The Morgan fingerprint density at radius 1 is 0.896 bits per heavy atom. The Morgan fingerprint density at radius 3 is 1.90 bits per heavy atom. The van der Waals surface area contributed by atoms with E-state index < -0.39 is 67.8 Å². The molecule has 0 spiro atoms. The van der Waals surface area contributed by atoms with Crippen molar-refractivity contribution in [2.75, 3.05) is 14.1 Å². The number of nitrogens with zero attached hydrogens (tertiary/aromatic N) is 1. The van der Waals surface area contributed by atoms with Gasteiger partial charge in [0.2, 0.25) is 11.8 Å². The summed E-state index contributed by atoms with van der Waals surface area (Å²) < 4.78 is 68.7. The minimum Gasteiger partial charge on any atom is -0.406 e. The fourth-order valence-corrected chi connectivity index (χ4v) is 6.26. The summed E-state index contributed by atoms with van der Waals surface area (Å²) in [7, 11) is -1.23. The van der Waals surface area contributed by atoms with Crippen LogP contribution in [0.1, 0.15) is 61.0 Å². The predicted octanol–water partition coefficient (Wildman–Crippen LogP) is 4.92. The van der Waals surface area contributed by atoms with Crippen molar-refractivity contribution >= 4 is 27.7 Å². The van der Waals surface area contributed by atoms with E-state index in [0.29, 0.717) is 0 Å². The second kappa shape index (κ2) is 15.5. The third kappa shape index (κ3) is 10.5. The molecule has 0 aliphatic carbocycles. The second-order valence-corrected chi connectivity index (χ2v) is 15.3. The van der Waals surface area contributed by atoms with E-state index in [1.807, 2.05) is 83.5 Å². The first-order valence-corrected chi connectivity index (χ1v) is 16.8. The van der Waals surface area contributed by atoms with Crippen LogP contribution >= 0.6 is 0 Å². The fraction of sp³-hybridized carbons (Fsp3) is 0.500. The molecule has 0 bridgehead atoms. The smallest absolute Gasteiger partial charge is 0.406 e. The quantitative estimate of drug-likeness (QED) is 0.254. The SMILES string of the molecule is CN[C@H](C(=O)NC(C(=O)N(C)[C@H](/C=C(\C)C(=O)NS(=O)(=O)c1ccc(OC(F)(F)F)cc1)C(C)C)C(C)(C)C)C(C)(C)c1ccccc1. The lowest BCUT2D eigenvalue weighted by Crippen LogP contribution is -2.61. The molecule has 0 aliphatic heterocycles. The molecule has 0 fully saturated rings. The standard InChI is InChI=1S/C34H47F3N4O6S/c1-21(2)26(20-22(3)29(42)40-48(45,46)25-18-16-24(17-19-25)47-34(35,36)37)41(10)31(44)28(32(4,5)6)39-30(43)27(38-9)33(7,8)23-14-12-11-13-15-23/h11-21,26-28,38H,1-10H3,(H,39,43)(H,40,42)/b22-20+/t26-,27-,28?/m1/s1. The molecule has 3 atom stereocenters. The van der Waals surface area contributed by atoms with Crippen LogP contribution in [0, 0.1) is 11.3 Å². The van der Waals surface area contributed by atoms with Gasteiger partial charge in [-0.2, -0.15) is 0 Å². The molecule has 10 nitrogen and oxygen atoms in total. The van der Waals surface area contributed by atoms with E-state index in [4.69, 9.17) is 0 Å². The van der Waals surface area contributed by atoms with Crippen LogP contribution < -0.4 is 20.1 Å². The number of hydrogen-bond donors (Lipinski definition) is 3. The number of nitrogens with one attached hydrogen (secondary N) is 3. The predicted molar refractivity (Wildman–Crippen MR) is 177 cm³/mol. The van der Waals surface area contributed by atoms with Crippen LogP contribution in [-0.4, -0.2) is 69.6 Å². The van der Waals surface area contributed by atoms with Crippen LogP contribution in [0.5, 0.6) is 5.75 Å². The highest BCUT2D eigenvalue weighted by Gasteiger charge is 2.41. The van der Waals surface area contributed by atoms with Gasteiger partial charge in [-0.05, 0) is 55.1 Å². The zero-order chi connectivity index (χ0) is 36.8. The van der Waals surface area contributed by atoms with Crippen molar-refractivity contribution in [2.45, 2.75) is 90.2 Å². The second-order valence-electron chi connectivity index (χ2n) is 13.6. The van der Waals surface area contributed by atoms with Gasteiger partial charge in [0.1, 0.15) is 11.8 Å². The molecule has 0 aromatic heterocycles. The lowest BCUT2D eigenvalue weighted by molar-refractivity contribution is -0.274. The highest BCUT2D eigenvalue weighted by Crippen LogP contribution is 2.29. The van der Waals surface area contributed by atoms with Crippen molar-refractivity contribution in [3.63, 3.8) is 0 Å². The first-order valence-electron chi connectivity index (χ1n) is 15.3. The fourth-order valence-electron chi connectivity index (χ4n) is 5.24. The number of carbonyl (C=O) groups excluding carboxylic acids is 3. The number of amides is 3. The lowest BCUT2D eigenvalue weighted by atomic mass is 9.76. The van der Waals surface area contributed by atoms with Gasteiger partial charge in [-0.1, -0.05) is 84.9 Å². The summed E-state index contributed by atoms with van der Waals surface area (Å²) in [6.07, 6.45) is -3.49. The maximum absolute atomic E-state index is 14.1. The number of rotatable bonds is 13. The molecule has 2 rings (SSSR count). The molecule has 2 aromatic rings. The maximum Gasteiger partial charge on any atom is 0.573 e. The first kappa shape index (κ1) is 40.3. The molecule has 48 heavy (non-hydrogen) atoms. The van der Waals surface area contributed by atoms with Crippen LogP contribution in [0.2, 0.25) is 0 Å². The molecule has 3 N–H and O–H groups in total. The van der Waals surface area contributed by atoms with Crippen LogP contribution in [-0.2, 0) is 29.8 Å². The maximum atomic E-state index is 14.1. The Hall–Kier alpha value is -3.91. The van der Waals surface area contributed by atoms with E-state index in [-0.39, 0.29) is 17.4 Å². The van der Waals surface area contributed by atoms with E-state index in [9.17, 15) is 36.0 Å². The Morgan fingerprint density at radius 2 is 1.44 bits per heavy atom. The van der Waals surface area contributed by atoms with E-state index >= 15 is 0 Å². The van der Waals surface area contributed by atoms with E-state index in [0.717, 1.165) is 29.8 Å². The van der Waals surface area contributed by atoms with Gasteiger partial charge in [-0.15, -0.1) is 13.2 Å². The summed E-state index contributed by atoms with van der Waals surface area (Å²) in [6.45, 7) is 14.4. The van der Waals surface area contributed by atoms with Crippen molar-refractivity contribution in [1.82, 2.24) is 20.3 Å². The highest BCUT2D eigenvalue weighted by molar-refractivity contribution is 7.90. The third-order valence-corrected chi connectivity index (χ3v) is 9.39. The summed E-state index contributed by atoms with van der Waals surface area (Å²) in [4.78, 5) is 41.8. The minimum absolute atomic E-state index is 0.0230. The van der Waals surface area contributed by atoms with Gasteiger partial charge in [0.25, 0.3) is 15.9 Å². The third-order valence-electron chi connectivity index (χ3n) is 8.04. The Labute approximate surface area is 281 Å². The van der Waals surface area contributed by atoms with E-state index in [2.05, 4.69) is 15.4 Å². The number of halogens is 3. The molecule has 2 aromatic carbocycles. The summed E-state index contributed by atoms with van der Waals surface area (Å²) in [5.74, 6) is -2.64. The van der Waals surface area contributed by atoms with Crippen LogP contribution in [0.3, 0.4) is 0 Å². The minimum atomic E-state index is -4.95. The summed E-state index contributed by atoms with van der Waals surface area (Å²) in [5.41, 5.74) is -0.443. The number of likely N-dealkylation sites (N-methyl/N-ethyl adjacent to an activating group) is 2. The first-order chi connectivity index (χ1) is 21.9. The van der Waals surface area contributed by atoms with E-state index in [1.165, 1.54) is 17.9 Å². The van der Waals surface area contributed by atoms with Gasteiger partial charge in [-0.3, -0.25) is 14.4 Å². The molecule has 0 saturated carbocycles. The van der Waals surface area contributed by atoms with Crippen molar-refractivity contribution in [3.05, 3.63) is 71.8 Å². The number of ether oxygens (including phenoxy) is 1. The topological polar surface area (TPSA) is 134 Å². The molecular formula is C34H47F3N4O6S. The molecule has 0 saturated heterocycles. The molecule has 0 heterocycles. The monoisotopic (exact) mass is 696 g/mol. The molecule has 14 heteroatoms. The average molecular weight is 697 g/mol. The summed E-state index contributed by atoms with van der Waals surface area (Å²) in [6, 6.07) is 10.6. The summed E-state index contributed by atoms with van der Waals surface area (Å²) in [5, 5.41) is 6.05. The van der Waals surface area contributed by atoms with Gasteiger partial charge in [-0.25, -0.2) is 13.1 Å². The number of alkyl halides is 3. The number of carbonyl (C=O) groups is 3. The van der Waals surface area contributed by atoms with Gasteiger partial charge in [0.05, 0.1) is 17.0 Å². The Kier molecular flexibility index (Phi) is 13.0. The molecular weight excluding hydrogens is 649 g/mol. The number of sulfonamides is 1. The number of benzene rings is 2. The van der Waals surface area contributed by atoms with Gasteiger partial charge in [0, 0.05) is 18.0 Å². The van der Waals surface area contributed by atoms with Gasteiger partial charge >= 0.3 is 6.36 Å². The van der Waals surface area contributed by atoms with Crippen molar-refractivity contribution in [2.24, 2.45) is 11.3 Å². The zero-order valence-corrected chi connectivity index (χ0v) is 29.8. The van der Waals surface area contributed by atoms with Crippen LogP contribution in [0.25, 0.3) is 0 Å². The van der Waals surface area contributed by atoms with Crippen molar-refractivity contribution in [1.29, 1.82) is 0 Å². The highest BCUT2D eigenvalue weighted by atomic mass is 32.2. The van der Waals surface area contributed by atoms with Crippen LogP contribution in [0.4, 0.5) is 13.2 Å².